The Morgan fingerprint density at radius 3 is 2.59 bits per heavy atom. The normalized spacial score (nSPS) is 10.7. The Balaban J connectivity index is 1.69. The minimum Gasteiger partial charge on any atom is -0.493 e. The number of carbonyl (C=O) groups is 1. The van der Waals surface area contributed by atoms with E-state index in [9.17, 15) is 9.59 Å². The Hall–Kier alpha value is -3.94. The fourth-order valence-corrected chi connectivity index (χ4v) is 2.69. The zero-order valence-electron chi connectivity index (χ0n) is 14.4. The molecule has 134 valence electrons. The summed E-state index contributed by atoms with van der Waals surface area (Å²) < 4.78 is 7.83. The largest absolute Gasteiger partial charge is 0.493 e. The van der Waals surface area contributed by atoms with E-state index in [-0.39, 0.29) is 17.0 Å². The molecule has 0 fully saturated rings. The molecule has 0 aliphatic rings. The summed E-state index contributed by atoms with van der Waals surface area (Å²) in [6.45, 7) is 0. The number of hydrogen-bond acceptors (Lipinski definition) is 5. The summed E-state index contributed by atoms with van der Waals surface area (Å²) >= 11 is 0. The fourth-order valence-electron chi connectivity index (χ4n) is 2.69. The van der Waals surface area contributed by atoms with Crippen LogP contribution < -0.4 is 15.7 Å². The molecule has 0 saturated heterocycles. The Morgan fingerprint density at radius 2 is 1.81 bits per heavy atom. The Bertz CT molecular complexity index is 1180. The summed E-state index contributed by atoms with van der Waals surface area (Å²) in [5.74, 6) is -0.293. The van der Waals surface area contributed by atoms with Crippen molar-refractivity contribution in [2.24, 2.45) is 0 Å². The maximum absolute atomic E-state index is 12.7. The van der Waals surface area contributed by atoms with Gasteiger partial charge in [-0.05, 0) is 24.3 Å². The van der Waals surface area contributed by atoms with E-state index in [1.807, 2.05) is 30.3 Å². The molecule has 4 rings (SSSR count). The van der Waals surface area contributed by atoms with Crippen LogP contribution in [-0.4, -0.2) is 32.5 Å². The average Bonchev–Trinajstić information content (AvgIpc) is 3.16. The maximum Gasteiger partial charge on any atom is 0.294 e. The number of fused-ring (bicyclic) bond motifs is 1. The van der Waals surface area contributed by atoms with Crippen molar-refractivity contribution in [3.8, 4) is 11.4 Å². The van der Waals surface area contributed by atoms with Gasteiger partial charge in [0.25, 0.3) is 11.5 Å². The van der Waals surface area contributed by atoms with Crippen molar-refractivity contribution in [2.45, 2.75) is 0 Å². The van der Waals surface area contributed by atoms with Gasteiger partial charge in [-0.25, -0.2) is 14.3 Å². The minimum atomic E-state index is -0.583. The molecule has 27 heavy (non-hydrogen) atoms. The van der Waals surface area contributed by atoms with Gasteiger partial charge in [0.2, 0.25) is 0 Å². The number of nitrogens with zero attached hydrogens (tertiary/aromatic N) is 4. The quantitative estimate of drug-likeness (QED) is 0.600. The predicted octanol–water partition coefficient (Wildman–Crippen LogP) is 1.97. The SMILES string of the molecule is COc1cn(-c2ccccc2)nc1C(=O)Nn1cnc2ccccc2c1=O. The number of amides is 1. The van der Waals surface area contributed by atoms with Gasteiger partial charge >= 0.3 is 0 Å². The van der Waals surface area contributed by atoms with E-state index in [0.29, 0.717) is 10.9 Å². The van der Waals surface area contributed by atoms with Gasteiger partial charge in [-0.1, -0.05) is 30.3 Å². The molecule has 0 spiro atoms. The summed E-state index contributed by atoms with van der Waals surface area (Å²) in [6.07, 6.45) is 2.87. The highest BCUT2D eigenvalue weighted by Crippen LogP contribution is 2.19. The molecular formula is C19H15N5O3. The first-order valence-electron chi connectivity index (χ1n) is 8.14. The van der Waals surface area contributed by atoms with Crippen LogP contribution in [0.4, 0.5) is 0 Å². The van der Waals surface area contributed by atoms with E-state index in [0.717, 1.165) is 10.4 Å². The van der Waals surface area contributed by atoms with Gasteiger partial charge in [0.15, 0.2) is 11.4 Å². The molecule has 1 N–H and O–H groups in total. The van der Waals surface area contributed by atoms with Crippen molar-refractivity contribution in [1.82, 2.24) is 19.4 Å². The van der Waals surface area contributed by atoms with Crippen molar-refractivity contribution < 1.29 is 9.53 Å². The molecule has 0 aliphatic carbocycles. The standard InChI is InChI=1S/C19H15N5O3/c1-27-16-11-23(13-7-3-2-4-8-13)21-17(16)18(25)22-24-12-20-15-10-6-5-9-14(15)19(24)26/h2-12H,1H3,(H,22,25). The van der Waals surface area contributed by atoms with Gasteiger partial charge in [0, 0.05) is 0 Å². The van der Waals surface area contributed by atoms with Crippen LogP contribution in [0, 0.1) is 0 Å². The number of ether oxygens (including phenoxy) is 1. The Morgan fingerprint density at radius 1 is 1.07 bits per heavy atom. The number of nitrogens with one attached hydrogen (secondary N) is 1. The molecule has 0 atom stereocenters. The van der Waals surface area contributed by atoms with Gasteiger partial charge in [0.05, 0.1) is 29.9 Å². The van der Waals surface area contributed by atoms with E-state index in [2.05, 4.69) is 15.5 Å². The Kier molecular flexibility index (Phi) is 4.13. The average molecular weight is 361 g/mol. The molecule has 2 aromatic heterocycles. The first-order chi connectivity index (χ1) is 13.2. The molecule has 0 aliphatic heterocycles. The molecular weight excluding hydrogens is 346 g/mol. The van der Waals surface area contributed by atoms with E-state index >= 15 is 0 Å². The van der Waals surface area contributed by atoms with Crippen molar-refractivity contribution in [3.63, 3.8) is 0 Å². The molecule has 2 heterocycles. The molecule has 0 saturated carbocycles. The highest BCUT2D eigenvalue weighted by atomic mass is 16.5. The third kappa shape index (κ3) is 3.04. The van der Waals surface area contributed by atoms with Gasteiger partial charge in [-0.15, -0.1) is 0 Å². The van der Waals surface area contributed by atoms with E-state index in [1.54, 1.807) is 30.5 Å². The third-order valence-electron chi connectivity index (χ3n) is 4.02. The summed E-state index contributed by atoms with van der Waals surface area (Å²) in [5.41, 5.74) is 3.51. The van der Waals surface area contributed by atoms with Gasteiger partial charge in [0.1, 0.15) is 6.33 Å². The number of methoxy groups -OCH3 is 1. The second kappa shape index (κ2) is 6.75. The molecule has 4 aromatic rings. The maximum atomic E-state index is 12.7. The first-order valence-corrected chi connectivity index (χ1v) is 8.14. The lowest BCUT2D eigenvalue weighted by Gasteiger charge is -2.07. The van der Waals surface area contributed by atoms with Crippen molar-refractivity contribution in [3.05, 3.63) is 83.2 Å². The lowest BCUT2D eigenvalue weighted by atomic mass is 10.2. The van der Waals surface area contributed by atoms with Crippen LogP contribution in [0.1, 0.15) is 10.5 Å². The molecule has 2 aromatic carbocycles. The first kappa shape index (κ1) is 16.5. The van der Waals surface area contributed by atoms with Crippen LogP contribution in [-0.2, 0) is 0 Å². The number of benzene rings is 2. The summed E-state index contributed by atoms with van der Waals surface area (Å²) in [5, 5.41) is 4.69. The monoisotopic (exact) mass is 361 g/mol. The van der Waals surface area contributed by atoms with Crippen LogP contribution in [0.15, 0.2) is 71.9 Å². The lowest BCUT2D eigenvalue weighted by Crippen LogP contribution is -2.33. The summed E-state index contributed by atoms with van der Waals surface area (Å²) in [4.78, 5) is 29.4. The smallest absolute Gasteiger partial charge is 0.294 e. The summed E-state index contributed by atoms with van der Waals surface area (Å²) in [6, 6.07) is 16.2. The van der Waals surface area contributed by atoms with Gasteiger partial charge < -0.3 is 4.74 Å². The number of rotatable bonds is 4. The van der Waals surface area contributed by atoms with Crippen LogP contribution in [0.3, 0.4) is 0 Å². The third-order valence-corrected chi connectivity index (χ3v) is 4.02. The van der Waals surface area contributed by atoms with Crippen LogP contribution in [0.2, 0.25) is 0 Å². The number of hydrogen-bond donors (Lipinski definition) is 1. The van der Waals surface area contributed by atoms with E-state index in [1.165, 1.54) is 18.1 Å². The zero-order valence-corrected chi connectivity index (χ0v) is 14.4. The Labute approximate surface area is 153 Å². The zero-order chi connectivity index (χ0) is 18.8. The van der Waals surface area contributed by atoms with Crippen molar-refractivity contribution in [1.29, 1.82) is 0 Å². The predicted molar refractivity (Wildman–Crippen MR) is 99.8 cm³/mol. The van der Waals surface area contributed by atoms with E-state index in [4.69, 9.17) is 4.74 Å². The van der Waals surface area contributed by atoms with Crippen LogP contribution in [0.25, 0.3) is 16.6 Å². The van der Waals surface area contributed by atoms with Crippen molar-refractivity contribution >= 4 is 16.8 Å². The molecule has 0 radical (unpaired) electrons. The number of aromatic nitrogens is 4. The van der Waals surface area contributed by atoms with Gasteiger partial charge in [-0.3, -0.25) is 15.0 Å². The highest BCUT2D eigenvalue weighted by Gasteiger charge is 2.19. The molecule has 0 bridgehead atoms. The minimum absolute atomic E-state index is 0.0569. The number of para-hydroxylation sites is 2. The van der Waals surface area contributed by atoms with Crippen LogP contribution in [0.5, 0.6) is 5.75 Å². The second-order valence-corrected chi connectivity index (χ2v) is 5.70. The summed E-state index contributed by atoms with van der Waals surface area (Å²) in [7, 11) is 1.45. The molecule has 0 unspecified atom stereocenters. The molecule has 8 heteroatoms. The lowest BCUT2D eigenvalue weighted by molar-refractivity contribution is 0.0999. The second-order valence-electron chi connectivity index (χ2n) is 5.70. The topological polar surface area (TPSA) is 91.0 Å². The fraction of sp³-hybridized carbons (Fsp3) is 0.0526. The number of carbonyl (C=O) groups excluding carboxylic acids is 1. The van der Waals surface area contributed by atoms with Crippen LogP contribution >= 0.6 is 0 Å². The van der Waals surface area contributed by atoms with Crippen molar-refractivity contribution in [2.75, 3.05) is 12.5 Å². The van der Waals surface area contributed by atoms with E-state index < -0.39 is 5.91 Å². The molecule has 1 amide bonds. The van der Waals surface area contributed by atoms with Gasteiger partial charge in [-0.2, -0.15) is 5.10 Å². The molecule has 8 nitrogen and oxygen atoms in total. The highest BCUT2D eigenvalue weighted by molar-refractivity contribution is 6.00.